The minimum atomic E-state index is -6.77. The van der Waals surface area contributed by atoms with E-state index >= 15 is 0 Å². The standard InChI is InChI=1S/C6H5.5CO.Cr/c1-2-4-6-5-3-1;5*1-2;/h1-5H;;;;;;. The van der Waals surface area contributed by atoms with Gasteiger partial charge in [-0.2, -0.15) is 0 Å². The van der Waals surface area contributed by atoms with Crippen LogP contribution in [0, 0.1) is 0 Å². The number of hydrogen-bond donors (Lipinski definition) is 0. The molecule has 1 rings (SSSR count). The van der Waals surface area contributed by atoms with E-state index < -0.39 is 13.2 Å². The SMILES string of the molecule is O=[C]=[Cr](=[C]=O)(=[C]=O)(=[C]=O)(=[C]=O)[c]1ccccc1. The molecule has 0 aromatic heterocycles. The van der Waals surface area contributed by atoms with E-state index in [-0.39, 0.29) is 0 Å². The summed E-state index contributed by atoms with van der Waals surface area (Å²) in [5.74, 6) is 0. The predicted octanol–water partition coefficient (Wildman–Crippen LogP) is -1.13. The van der Waals surface area contributed by atoms with Crippen LogP contribution in [0.25, 0.3) is 0 Å². The van der Waals surface area contributed by atoms with Crippen molar-refractivity contribution in [2.24, 2.45) is 0 Å². The van der Waals surface area contributed by atoms with E-state index in [1.807, 2.05) is 0 Å². The van der Waals surface area contributed by atoms with E-state index in [2.05, 4.69) is 0 Å². The second kappa shape index (κ2) is 3.32. The first-order valence-electron chi connectivity index (χ1n) is 4.16. The molecule has 1 aromatic rings. The number of benzene rings is 1. The first-order chi connectivity index (χ1) is 8.03. The Labute approximate surface area is 91.5 Å². The average molecular weight is 269 g/mol. The van der Waals surface area contributed by atoms with Crippen LogP contribution in [-0.2, 0) is 32.7 Å². The van der Waals surface area contributed by atoms with E-state index in [0.29, 0.717) is 0 Å². The summed E-state index contributed by atoms with van der Waals surface area (Å²) >= 11 is 0. The summed E-state index contributed by atoms with van der Waals surface area (Å²) in [6.45, 7) is 0. The number of carbonyl (C=O) groups excluding carboxylic acids is 5. The van der Waals surface area contributed by atoms with E-state index in [9.17, 15) is 24.0 Å². The first kappa shape index (κ1) is 12.7. The van der Waals surface area contributed by atoms with E-state index in [0.717, 1.165) is 35.9 Å². The first-order valence-corrected chi connectivity index (χ1v) is 7.98. The van der Waals surface area contributed by atoms with Gasteiger partial charge in [-0.25, -0.2) is 0 Å². The Kier molecular flexibility index (Phi) is 2.49. The Morgan fingerprint density at radius 2 is 1.00 bits per heavy atom. The molecule has 0 unspecified atom stereocenters. The van der Waals surface area contributed by atoms with Crippen LogP contribution in [-0.4, -0.2) is 23.7 Å². The summed E-state index contributed by atoms with van der Waals surface area (Å²) < 4.78 is 4.49. The molecule has 6 heteroatoms. The predicted molar refractivity (Wildman–Crippen MR) is 54.5 cm³/mol. The van der Waals surface area contributed by atoms with Crippen LogP contribution < -0.4 is 4.43 Å². The summed E-state index contributed by atoms with van der Waals surface area (Å²) in [5, 5.41) is 0. The van der Waals surface area contributed by atoms with Gasteiger partial charge in [-0.05, 0) is 0 Å². The quantitative estimate of drug-likeness (QED) is 0.644. The van der Waals surface area contributed by atoms with Gasteiger partial charge in [0.1, 0.15) is 0 Å². The van der Waals surface area contributed by atoms with Crippen molar-refractivity contribution in [3.63, 3.8) is 0 Å². The molecular weight excluding hydrogens is 264 g/mol. The Morgan fingerprint density at radius 3 is 1.29 bits per heavy atom. The van der Waals surface area contributed by atoms with Gasteiger partial charge in [0, 0.05) is 0 Å². The second-order valence-electron chi connectivity index (χ2n) is 3.26. The van der Waals surface area contributed by atoms with Crippen molar-refractivity contribution in [2.75, 3.05) is 0 Å². The van der Waals surface area contributed by atoms with Crippen molar-refractivity contribution in [2.45, 2.75) is 0 Å². The third kappa shape index (κ3) is 1.12. The zero-order valence-corrected chi connectivity index (χ0v) is 9.61. The molecule has 0 heterocycles. The van der Waals surface area contributed by atoms with E-state index in [1.54, 1.807) is 0 Å². The molecular formula is C11H5CrO5. The third-order valence-corrected chi connectivity index (χ3v) is 7.89. The van der Waals surface area contributed by atoms with Crippen LogP contribution in [0.2, 0.25) is 0 Å². The van der Waals surface area contributed by atoms with Crippen molar-refractivity contribution in [1.82, 2.24) is 0 Å². The molecule has 0 amide bonds. The molecule has 0 N–H and O–H groups in total. The van der Waals surface area contributed by atoms with Gasteiger partial charge in [-0.1, -0.05) is 0 Å². The Morgan fingerprint density at radius 1 is 0.647 bits per heavy atom. The molecule has 0 aliphatic heterocycles. The van der Waals surface area contributed by atoms with Gasteiger partial charge in [0.15, 0.2) is 0 Å². The van der Waals surface area contributed by atoms with Gasteiger partial charge in [-0.15, -0.1) is 0 Å². The maximum absolute atomic E-state index is 11.1. The van der Waals surface area contributed by atoms with Crippen molar-refractivity contribution >= 4 is 28.2 Å². The van der Waals surface area contributed by atoms with Crippen LogP contribution in [0.4, 0.5) is 0 Å². The molecule has 0 aliphatic rings. The fraction of sp³-hybridized carbons (Fsp3) is 0. The molecule has 85 valence electrons. The molecule has 5 nitrogen and oxygen atoms in total. The monoisotopic (exact) mass is 269 g/mol. The van der Waals surface area contributed by atoms with Gasteiger partial charge in [-0.3, -0.25) is 0 Å². The zero-order chi connectivity index (χ0) is 13.1. The molecule has 0 radical (unpaired) electrons. The number of hydrogen-bond acceptors (Lipinski definition) is 5. The molecule has 0 fully saturated rings. The van der Waals surface area contributed by atoms with Crippen molar-refractivity contribution in [3.05, 3.63) is 30.3 Å². The Hall–Kier alpha value is -2.35. The molecule has 0 atom stereocenters. The Bertz CT molecular complexity index is 944. The van der Waals surface area contributed by atoms with Crippen LogP contribution in [0.5, 0.6) is 0 Å². The van der Waals surface area contributed by atoms with Crippen LogP contribution >= 0.6 is 0 Å². The molecule has 0 aliphatic carbocycles. The normalized spacial score (nSPS) is 11.5. The molecule has 0 saturated heterocycles. The van der Waals surface area contributed by atoms with E-state index in [4.69, 9.17) is 0 Å². The Balaban J connectivity index is 5.20. The number of rotatable bonds is 1. The molecule has 0 bridgehead atoms. The summed E-state index contributed by atoms with van der Waals surface area (Å²) in [4.78, 5) is 55.5. The van der Waals surface area contributed by atoms with Crippen molar-refractivity contribution < 1.29 is 32.7 Å². The molecule has 0 spiro atoms. The summed E-state index contributed by atoms with van der Waals surface area (Å²) in [5.41, 5.74) is 0. The third-order valence-electron chi connectivity index (χ3n) is 2.37. The summed E-state index contributed by atoms with van der Waals surface area (Å²) in [7, 11) is -6.77. The molecule has 1 aromatic carbocycles. The van der Waals surface area contributed by atoms with Gasteiger partial charge in [0.05, 0.1) is 0 Å². The van der Waals surface area contributed by atoms with Gasteiger partial charge < -0.3 is 0 Å². The second-order valence-corrected chi connectivity index (χ2v) is 10.1. The van der Waals surface area contributed by atoms with Crippen LogP contribution in [0.1, 0.15) is 0 Å². The van der Waals surface area contributed by atoms with Gasteiger partial charge >= 0.3 is 91.2 Å². The average Bonchev–Trinajstić information content (AvgIpc) is 2.46. The topological polar surface area (TPSA) is 85.3 Å². The van der Waals surface area contributed by atoms with Crippen LogP contribution in [0.3, 0.4) is 0 Å². The summed E-state index contributed by atoms with van der Waals surface area (Å²) in [6.07, 6.45) is 0. The van der Waals surface area contributed by atoms with Gasteiger partial charge in [0.2, 0.25) is 0 Å². The van der Waals surface area contributed by atoms with Crippen LogP contribution in [0.15, 0.2) is 30.3 Å². The minimum absolute atomic E-state index is 0.412. The molecule has 17 heavy (non-hydrogen) atoms. The van der Waals surface area contributed by atoms with Crippen molar-refractivity contribution in [3.8, 4) is 0 Å². The fourth-order valence-corrected chi connectivity index (χ4v) is 3.76. The van der Waals surface area contributed by atoms with Crippen molar-refractivity contribution in [1.29, 1.82) is 0 Å². The van der Waals surface area contributed by atoms with Gasteiger partial charge in [0.25, 0.3) is 0 Å². The summed E-state index contributed by atoms with van der Waals surface area (Å²) in [6, 6.07) is 6.39. The zero-order valence-electron chi connectivity index (χ0n) is 8.34. The molecule has 0 saturated carbocycles. The maximum atomic E-state index is 11.1. The van der Waals surface area contributed by atoms with E-state index in [1.165, 1.54) is 18.2 Å². The fourth-order valence-electron chi connectivity index (χ4n) is 1.17.